The molecule has 5 heteroatoms. The minimum Gasteiger partial charge on any atom is -0.550 e. The van der Waals surface area contributed by atoms with E-state index in [4.69, 9.17) is 0 Å². The number of thiazole rings is 1. The molecule has 0 radical (unpaired) electrons. The molecule has 0 atom stereocenters. The van der Waals surface area contributed by atoms with Gasteiger partial charge in [0.1, 0.15) is 5.01 Å². The van der Waals surface area contributed by atoms with E-state index in [0.29, 0.717) is 6.42 Å². The highest BCUT2D eigenvalue weighted by Crippen LogP contribution is 2.32. The third-order valence-corrected chi connectivity index (χ3v) is 5.30. The van der Waals surface area contributed by atoms with Gasteiger partial charge in [-0.25, -0.2) is 4.98 Å². The first-order chi connectivity index (χ1) is 10.6. The summed E-state index contributed by atoms with van der Waals surface area (Å²) in [5.74, 6) is -1.03. The van der Waals surface area contributed by atoms with Crippen molar-refractivity contribution < 1.29 is 9.90 Å². The number of hydrogen-bond acceptors (Lipinski definition) is 5. The lowest BCUT2D eigenvalue weighted by molar-refractivity contribution is -0.305. The zero-order chi connectivity index (χ0) is 15.5. The molecule has 0 bridgehead atoms. The molecule has 3 rings (SSSR count). The SMILES string of the molecule is Cc1ccc(/C=C(\CCC(=O)[O-])c2nc3ccccc3s2)s1. The van der Waals surface area contributed by atoms with E-state index in [1.54, 1.807) is 22.7 Å². The summed E-state index contributed by atoms with van der Waals surface area (Å²) in [7, 11) is 0. The number of aryl methyl sites for hydroxylation is 1. The van der Waals surface area contributed by atoms with E-state index in [-0.39, 0.29) is 6.42 Å². The highest BCUT2D eigenvalue weighted by atomic mass is 32.1. The molecule has 3 nitrogen and oxygen atoms in total. The smallest absolute Gasteiger partial charge is 0.120 e. The molecular formula is C17H14NO2S2-. The van der Waals surface area contributed by atoms with E-state index in [1.807, 2.05) is 36.4 Å². The lowest BCUT2D eigenvalue weighted by Gasteiger charge is -2.05. The quantitative estimate of drug-likeness (QED) is 0.717. The summed E-state index contributed by atoms with van der Waals surface area (Å²) in [6.07, 6.45) is 2.48. The number of aliphatic carboxylic acids is 1. The minimum atomic E-state index is -1.03. The standard InChI is InChI=1S/C17H15NO2S2/c1-11-6-8-13(21-11)10-12(7-9-16(19)20)17-18-14-4-2-3-5-15(14)22-17/h2-6,8,10H,7,9H2,1H3,(H,19,20)/p-1/b12-10+. The summed E-state index contributed by atoms with van der Waals surface area (Å²) in [4.78, 5) is 17.8. The number of aromatic nitrogens is 1. The van der Waals surface area contributed by atoms with E-state index in [1.165, 1.54) is 4.88 Å². The molecule has 0 aliphatic heterocycles. The summed E-state index contributed by atoms with van der Waals surface area (Å²) in [5, 5.41) is 11.7. The maximum atomic E-state index is 10.8. The molecule has 0 unspecified atom stereocenters. The second-order valence-electron chi connectivity index (χ2n) is 4.98. The fraction of sp³-hybridized carbons (Fsp3) is 0.176. The second-order valence-corrected chi connectivity index (χ2v) is 7.33. The molecule has 0 amide bonds. The lowest BCUT2D eigenvalue weighted by atomic mass is 10.1. The van der Waals surface area contributed by atoms with Gasteiger partial charge in [0.25, 0.3) is 0 Å². The van der Waals surface area contributed by atoms with Crippen molar-refractivity contribution in [3.8, 4) is 0 Å². The number of nitrogens with zero attached hydrogens (tertiary/aromatic N) is 1. The molecule has 0 aliphatic rings. The van der Waals surface area contributed by atoms with Crippen molar-refractivity contribution in [2.75, 3.05) is 0 Å². The van der Waals surface area contributed by atoms with Gasteiger partial charge < -0.3 is 9.90 Å². The van der Waals surface area contributed by atoms with Crippen LogP contribution in [-0.2, 0) is 4.79 Å². The Balaban J connectivity index is 1.99. The Hall–Kier alpha value is -1.98. The predicted octanol–water partition coefficient (Wildman–Crippen LogP) is 3.74. The first-order valence-electron chi connectivity index (χ1n) is 6.94. The Kier molecular flexibility index (Phi) is 4.36. The van der Waals surface area contributed by atoms with Gasteiger partial charge in [-0.3, -0.25) is 0 Å². The molecule has 2 heterocycles. The van der Waals surface area contributed by atoms with Crippen LogP contribution in [0.5, 0.6) is 0 Å². The molecule has 3 aromatic rings. The van der Waals surface area contributed by atoms with Crippen LogP contribution in [0, 0.1) is 6.92 Å². The Morgan fingerprint density at radius 3 is 2.68 bits per heavy atom. The van der Waals surface area contributed by atoms with Gasteiger partial charge in [0, 0.05) is 15.7 Å². The van der Waals surface area contributed by atoms with Crippen LogP contribution in [0.2, 0.25) is 0 Å². The van der Waals surface area contributed by atoms with Crippen LogP contribution in [0.25, 0.3) is 21.9 Å². The van der Waals surface area contributed by atoms with Crippen LogP contribution in [-0.4, -0.2) is 11.0 Å². The molecule has 112 valence electrons. The average molecular weight is 328 g/mol. The van der Waals surface area contributed by atoms with Gasteiger partial charge in [-0.1, -0.05) is 12.1 Å². The molecule has 22 heavy (non-hydrogen) atoms. The van der Waals surface area contributed by atoms with E-state index < -0.39 is 5.97 Å². The average Bonchev–Trinajstić information content (AvgIpc) is 3.09. The number of allylic oxidation sites excluding steroid dienone is 1. The number of carbonyl (C=O) groups excluding carboxylic acids is 1. The Labute approximate surface area is 136 Å². The lowest BCUT2D eigenvalue weighted by Crippen LogP contribution is -2.21. The van der Waals surface area contributed by atoms with Gasteiger partial charge in [-0.2, -0.15) is 0 Å². The highest BCUT2D eigenvalue weighted by Gasteiger charge is 2.10. The maximum absolute atomic E-state index is 10.8. The first kappa shape index (κ1) is 14.9. The Bertz CT molecular complexity index is 812. The van der Waals surface area contributed by atoms with Crippen molar-refractivity contribution in [3.05, 3.63) is 51.2 Å². The number of carboxylic acid groups (broad SMARTS) is 1. The first-order valence-corrected chi connectivity index (χ1v) is 8.58. The zero-order valence-electron chi connectivity index (χ0n) is 12.0. The third-order valence-electron chi connectivity index (χ3n) is 3.24. The molecule has 1 aromatic carbocycles. The van der Waals surface area contributed by atoms with E-state index in [0.717, 1.165) is 25.7 Å². The summed E-state index contributed by atoms with van der Waals surface area (Å²) in [5.41, 5.74) is 1.90. The largest absolute Gasteiger partial charge is 0.550 e. The number of carboxylic acids is 1. The van der Waals surface area contributed by atoms with Crippen molar-refractivity contribution in [3.63, 3.8) is 0 Å². The molecule has 0 fully saturated rings. The van der Waals surface area contributed by atoms with Crippen LogP contribution >= 0.6 is 22.7 Å². The van der Waals surface area contributed by atoms with Gasteiger partial charge in [0.2, 0.25) is 0 Å². The number of para-hydroxylation sites is 1. The van der Waals surface area contributed by atoms with Crippen LogP contribution in [0.1, 0.15) is 27.6 Å². The summed E-state index contributed by atoms with van der Waals surface area (Å²) < 4.78 is 1.11. The number of carbonyl (C=O) groups is 1. The van der Waals surface area contributed by atoms with Crippen LogP contribution in [0.15, 0.2) is 36.4 Å². The van der Waals surface area contributed by atoms with Crippen LogP contribution in [0.3, 0.4) is 0 Å². The minimum absolute atomic E-state index is 0.00607. The van der Waals surface area contributed by atoms with Crippen molar-refractivity contribution in [1.82, 2.24) is 4.98 Å². The van der Waals surface area contributed by atoms with Crippen LogP contribution < -0.4 is 5.11 Å². The fourth-order valence-electron chi connectivity index (χ4n) is 2.19. The molecule has 0 aliphatic carbocycles. The van der Waals surface area contributed by atoms with Gasteiger partial charge in [0.05, 0.1) is 10.2 Å². The molecular weight excluding hydrogens is 314 g/mol. The number of benzene rings is 1. The zero-order valence-corrected chi connectivity index (χ0v) is 13.7. The monoisotopic (exact) mass is 328 g/mol. The Morgan fingerprint density at radius 2 is 2.00 bits per heavy atom. The summed E-state index contributed by atoms with van der Waals surface area (Å²) in [6, 6.07) is 12.1. The highest BCUT2D eigenvalue weighted by molar-refractivity contribution is 7.19. The summed E-state index contributed by atoms with van der Waals surface area (Å²) in [6.45, 7) is 2.06. The predicted molar refractivity (Wildman–Crippen MR) is 90.8 cm³/mol. The summed E-state index contributed by atoms with van der Waals surface area (Å²) >= 11 is 3.28. The second kappa shape index (κ2) is 6.42. The van der Waals surface area contributed by atoms with Crippen molar-refractivity contribution in [1.29, 1.82) is 0 Å². The van der Waals surface area contributed by atoms with Crippen molar-refractivity contribution in [2.24, 2.45) is 0 Å². The molecule has 0 N–H and O–H groups in total. The van der Waals surface area contributed by atoms with Crippen molar-refractivity contribution >= 4 is 50.5 Å². The van der Waals surface area contributed by atoms with E-state index in [9.17, 15) is 9.90 Å². The van der Waals surface area contributed by atoms with Gasteiger partial charge in [0.15, 0.2) is 0 Å². The van der Waals surface area contributed by atoms with E-state index >= 15 is 0 Å². The normalized spacial score (nSPS) is 12.0. The van der Waals surface area contributed by atoms with Crippen LogP contribution in [0.4, 0.5) is 0 Å². The molecule has 0 spiro atoms. The third kappa shape index (κ3) is 3.43. The Morgan fingerprint density at radius 1 is 1.18 bits per heavy atom. The van der Waals surface area contributed by atoms with Gasteiger partial charge in [-0.05, 0) is 55.7 Å². The number of rotatable bonds is 5. The van der Waals surface area contributed by atoms with Crippen molar-refractivity contribution in [2.45, 2.75) is 19.8 Å². The molecule has 0 saturated heterocycles. The van der Waals surface area contributed by atoms with E-state index in [2.05, 4.69) is 18.0 Å². The number of thiophene rings is 1. The maximum Gasteiger partial charge on any atom is 0.120 e. The molecule has 2 aromatic heterocycles. The fourth-order valence-corrected chi connectivity index (χ4v) is 4.04. The number of fused-ring (bicyclic) bond motifs is 1. The topological polar surface area (TPSA) is 53.0 Å². The van der Waals surface area contributed by atoms with Gasteiger partial charge >= 0.3 is 0 Å². The number of hydrogen-bond donors (Lipinski definition) is 0. The van der Waals surface area contributed by atoms with Gasteiger partial charge in [-0.15, -0.1) is 22.7 Å². The molecule has 0 saturated carbocycles.